The van der Waals surface area contributed by atoms with Crippen molar-refractivity contribution in [3.8, 4) is 0 Å². The summed E-state index contributed by atoms with van der Waals surface area (Å²) < 4.78 is 79.7. The fourth-order valence-corrected chi connectivity index (χ4v) is 6.47. The lowest BCUT2D eigenvalue weighted by molar-refractivity contribution is -0.197. The second-order valence-electron chi connectivity index (χ2n) is 7.24. The van der Waals surface area contributed by atoms with Crippen LogP contribution < -0.4 is 0 Å². The third-order valence-corrected chi connectivity index (χ3v) is 9.61. The molecule has 15 heteroatoms. The lowest BCUT2D eigenvalue weighted by Gasteiger charge is -2.25. The zero-order chi connectivity index (χ0) is 24.6. The van der Waals surface area contributed by atoms with Crippen molar-refractivity contribution in [2.24, 2.45) is 0 Å². The lowest BCUT2D eigenvalue weighted by Crippen LogP contribution is -2.39. The van der Waals surface area contributed by atoms with E-state index in [2.05, 4.69) is 68.5 Å². The second kappa shape index (κ2) is 10.2. The van der Waals surface area contributed by atoms with Crippen LogP contribution in [0.4, 0.5) is 13.2 Å². The molecule has 0 amide bonds. The molecule has 1 fully saturated rings. The summed E-state index contributed by atoms with van der Waals surface area (Å²) in [5.74, 6) is -4.16. The molecule has 0 aromatic heterocycles. The maximum absolute atomic E-state index is 13.1. The van der Waals surface area contributed by atoms with Crippen LogP contribution in [0.15, 0.2) is 17.9 Å². The maximum atomic E-state index is 13.1. The van der Waals surface area contributed by atoms with Crippen molar-refractivity contribution in [2.45, 2.75) is 50.5 Å². The third-order valence-electron chi connectivity index (χ3n) is 4.65. The first-order valence-corrected chi connectivity index (χ1v) is 13.6. The van der Waals surface area contributed by atoms with Crippen LogP contribution in [0.25, 0.3) is 0 Å². The Labute approximate surface area is 215 Å². The minimum absolute atomic E-state index is 0.00413. The van der Waals surface area contributed by atoms with Gasteiger partial charge >= 0.3 is 18.1 Å². The highest BCUT2D eigenvalue weighted by atomic mass is 79.9. The summed E-state index contributed by atoms with van der Waals surface area (Å²) in [6.07, 6.45) is -5.24. The van der Waals surface area contributed by atoms with Gasteiger partial charge in [0, 0.05) is 17.9 Å². The van der Waals surface area contributed by atoms with Gasteiger partial charge in [-0.15, -0.1) is 0 Å². The molecular formula is C17H15Br4F3O7S. The number of alkyl halides is 3. The lowest BCUT2D eigenvalue weighted by atomic mass is 10.1. The molecule has 7 nitrogen and oxygen atoms in total. The van der Waals surface area contributed by atoms with Gasteiger partial charge in [0.25, 0.3) is 10.1 Å². The molecule has 1 N–H and O–H groups in total. The summed E-state index contributed by atoms with van der Waals surface area (Å²) in [5, 5.41) is 0. The topological polar surface area (TPSA) is 107 Å². The van der Waals surface area contributed by atoms with Crippen molar-refractivity contribution in [3.05, 3.63) is 29.0 Å². The van der Waals surface area contributed by atoms with Gasteiger partial charge in [0.1, 0.15) is 11.4 Å². The van der Waals surface area contributed by atoms with E-state index in [4.69, 9.17) is 9.29 Å². The largest absolute Gasteiger partial charge is 0.456 e. The zero-order valence-electron chi connectivity index (χ0n) is 16.1. The van der Waals surface area contributed by atoms with Crippen molar-refractivity contribution >= 4 is 85.8 Å². The Hall–Kier alpha value is -0.220. The first-order chi connectivity index (χ1) is 14.5. The molecule has 0 radical (unpaired) electrons. The Balaban J connectivity index is 2.43. The highest BCUT2D eigenvalue weighted by Crippen LogP contribution is 2.44. The Morgan fingerprint density at radius 1 is 1.00 bits per heavy atom. The molecule has 1 aromatic carbocycles. The maximum Gasteiger partial charge on any atom is 0.426 e. The van der Waals surface area contributed by atoms with Crippen LogP contribution in [0.2, 0.25) is 0 Å². The van der Waals surface area contributed by atoms with Crippen LogP contribution in [-0.2, 0) is 19.6 Å². The van der Waals surface area contributed by atoms with E-state index in [0.29, 0.717) is 12.8 Å². The number of rotatable bonds is 6. The summed E-state index contributed by atoms with van der Waals surface area (Å²) in [4.78, 5) is 25.3. The second-order valence-corrected chi connectivity index (χ2v) is 11.9. The summed E-state index contributed by atoms with van der Waals surface area (Å²) >= 11 is 12.4. The first-order valence-electron chi connectivity index (χ1n) is 8.79. The summed E-state index contributed by atoms with van der Waals surface area (Å²) in [5.41, 5.74) is -1.15. The average molecular weight is 740 g/mol. The fourth-order valence-electron chi connectivity index (χ4n) is 3.06. The molecular weight excluding hydrogens is 725 g/mol. The normalized spacial score (nSPS) is 17.2. The number of carbonyl (C=O) groups is 2. The van der Waals surface area contributed by atoms with Gasteiger partial charge in [-0.05, 0) is 96.3 Å². The standard InChI is InChI=1S/C17H15Br4F3O7S/c1-16(4-2-3-5-16)31-15(26)9-12(20)10(18)8(11(19)13(9)21)14(25)30-7(17(22,23)24)6-32(27,28)29/h7H,2-6H2,1H3,(H,27,28,29). The van der Waals surface area contributed by atoms with Crippen LogP contribution in [0.5, 0.6) is 0 Å². The third kappa shape index (κ3) is 6.68. The van der Waals surface area contributed by atoms with Gasteiger partial charge in [0.15, 0.2) is 0 Å². The van der Waals surface area contributed by atoms with E-state index in [1.54, 1.807) is 6.92 Å². The molecule has 1 aliphatic carbocycles. The monoisotopic (exact) mass is 736 g/mol. The van der Waals surface area contributed by atoms with E-state index >= 15 is 0 Å². The minimum Gasteiger partial charge on any atom is -0.456 e. The highest BCUT2D eigenvalue weighted by molar-refractivity contribution is 9.14. The first kappa shape index (κ1) is 28.0. The molecule has 32 heavy (non-hydrogen) atoms. The minimum atomic E-state index is -5.26. The predicted molar refractivity (Wildman–Crippen MR) is 121 cm³/mol. The molecule has 1 saturated carbocycles. The van der Waals surface area contributed by atoms with Gasteiger partial charge in [-0.25, -0.2) is 9.59 Å². The van der Waals surface area contributed by atoms with Crippen molar-refractivity contribution in [3.63, 3.8) is 0 Å². The molecule has 180 valence electrons. The van der Waals surface area contributed by atoms with E-state index in [-0.39, 0.29) is 23.5 Å². The Morgan fingerprint density at radius 2 is 1.41 bits per heavy atom. The Bertz CT molecular complexity index is 1010. The van der Waals surface area contributed by atoms with E-state index in [1.165, 1.54) is 0 Å². The summed E-state index contributed by atoms with van der Waals surface area (Å²) in [7, 11) is -5.11. The van der Waals surface area contributed by atoms with Gasteiger partial charge < -0.3 is 9.47 Å². The van der Waals surface area contributed by atoms with Gasteiger partial charge in [0.2, 0.25) is 6.10 Å². The van der Waals surface area contributed by atoms with Gasteiger partial charge in [-0.2, -0.15) is 21.6 Å². The quantitative estimate of drug-likeness (QED) is 0.211. The van der Waals surface area contributed by atoms with Crippen LogP contribution in [0, 0.1) is 0 Å². The number of ether oxygens (including phenoxy) is 2. The predicted octanol–water partition coefficient (Wildman–Crippen LogP) is 6.20. The number of hydrogen-bond donors (Lipinski definition) is 1. The number of benzene rings is 1. The summed E-state index contributed by atoms with van der Waals surface area (Å²) in [6, 6.07) is 0. The van der Waals surface area contributed by atoms with E-state index < -0.39 is 51.3 Å². The van der Waals surface area contributed by atoms with Gasteiger partial charge in [-0.1, -0.05) is 0 Å². The molecule has 0 saturated heterocycles. The summed E-state index contributed by atoms with van der Waals surface area (Å²) in [6.45, 7) is 1.79. The zero-order valence-corrected chi connectivity index (χ0v) is 23.2. The van der Waals surface area contributed by atoms with E-state index in [1.807, 2.05) is 0 Å². The van der Waals surface area contributed by atoms with Crippen molar-refractivity contribution in [2.75, 3.05) is 5.75 Å². The van der Waals surface area contributed by atoms with Crippen molar-refractivity contribution in [1.82, 2.24) is 0 Å². The molecule has 0 spiro atoms. The van der Waals surface area contributed by atoms with Crippen molar-refractivity contribution < 1.29 is 45.2 Å². The molecule has 0 heterocycles. The molecule has 0 aliphatic heterocycles. The van der Waals surface area contributed by atoms with Crippen molar-refractivity contribution in [1.29, 1.82) is 0 Å². The van der Waals surface area contributed by atoms with E-state index in [9.17, 15) is 31.2 Å². The Kier molecular flexibility index (Phi) is 8.91. The smallest absolute Gasteiger partial charge is 0.426 e. The van der Waals surface area contributed by atoms with E-state index in [0.717, 1.165) is 12.8 Å². The molecule has 1 unspecified atom stereocenters. The van der Waals surface area contributed by atoms with Crippen LogP contribution in [0.1, 0.15) is 53.3 Å². The molecule has 1 aliphatic rings. The molecule has 0 bridgehead atoms. The number of halogens is 7. The number of esters is 2. The van der Waals surface area contributed by atoms with Crippen LogP contribution >= 0.6 is 63.7 Å². The SMILES string of the molecule is CC1(OC(=O)c2c(Br)c(Br)c(C(=O)OC(CS(=O)(=O)O)C(F)(F)F)c(Br)c2Br)CCCC1. The average Bonchev–Trinajstić information content (AvgIpc) is 3.04. The fraction of sp³-hybridized carbons (Fsp3) is 0.529. The van der Waals surface area contributed by atoms with Gasteiger partial charge in [0.05, 0.1) is 11.1 Å². The molecule has 2 rings (SSSR count). The highest BCUT2D eigenvalue weighted by Gasteiger charge is 2.46. The van der Waals surface area contributed by atoms with Gasteiger partial charge in [-0.3, -0.25) is 4.55 Å². The molecule has 1 atom stereocenters. The number of carbonyl (C=O) groups excluding carboxylic acids is 2. The number of hydrogen-bond acceptors (Lipinski definition) is 6. The molecule has 1 aromatic rings. The van der Waals surface area contributed by atoms with Crippen LogP contribution in [-0.4, -0.2) is 48.5 Å². The van der Waals surface area contributed by atoms with Crippen LogP contribution in [0.3, 0.4) is 0 Å². The Morgan fingerprint density at radius 3 is 1.78 bits per heavy atom.